The van der Waals surface area contributed by atoms with Gasteiger partial charge in [0.15, 0.2) is 0 Å². The van der Waals surface area contributed by atoms with Crippen LogP contribution in [0.4, 0.5) is 5.82 Å². The van der Waals surface area contributed by atoms with Crippen molar-refractivity contribution >= 4 is 11.8 Å². The minimum Gasteiger partial charge on any atom is -0.478 e. The Labute approximate surface area is 108 Å². The molecule has 98 valence electrons. The molecule has 0 spiro atoms. The first-order valence-electron chi connectivity index (χ1n) is 6.69. The van der Waals surface area contributed by atoms with Gasteiger partial charge in [0, 0.05) is 18.8 Å². The van der Waals surface area contributed by atoms with E-state index in [1.165, 1.54) is 12.8 Å². The second-order valence-corrected chi connectivity index (χ2v) is 4.78. The topological polar surface area (TPSA) is 53.4 Å². The lowest BCUT2D eigenvalue weighted by atomic mass is 10.1. The molecule has 1 aromatic rings. The van der Waals surface area contributed by atoms with Crippen LogP contribution in [-0.2, 0) is 0 Å². The Morgan fingerprint density at radius 3 is 3.06 bits per heavy atom. The summed E-state index contributed by atoms with van der Waals surface area (Å²) in [4.78, 5) is 17.8. The molecule has 1 aliphatic heterocycles. The van der Waals surface area contributed by atoms with Crippen molar-refractivity contribution in [3.05, 3.63) is 23.9 Å². The number of anilines is 1. The quantitative estimate of drug-likeness (QED) is 0.893. The molecule has 0 saturated carbocycles. The number of aromatic carboxylic acids is 1. The van der Waals surface area contributed by atoms with Gasteiger partial charge in [0.25, 0.3) is 0 Å². The highest BCUT2D eigenvalue weighted by Crippen LogP contribution is 2.26. The maximum absolute atomic E-state index is 11.3. The van der Waals surface area contributed by atoms with Gasteiger partial charge in [-0.2, -0.15) is 0 Å². The summed E-state index contributed by atoms with van der Waals surface area (Å²) in [5, 5.41) is 9.26. The molecule has 1 aromatic heterocycles. The lowest BCUT2D eigenvalue weighted by Gasteiger charge is -2.31. The molecule has 0 aliphatic carbocycles. The second kappa shape index (κ2) is 5.85. The molecule has 0 radical (unpaired) electrons. The van der Waals surface area contributed by atoms with Gasteiger partial charge < -0.3 is 10.0 Å². The van der Waals surface area contributed by atoms with Crippen molar-refractivity contribution in [3.8, 4) is 0 Å². The fourth-order valence-corrected chi connectivity index (χ4v) is 2.67. The molecule has 0 aromatic carbocycles. The van der Waals surface area contributed by atoms with Crippen LogP contribution in [0, 0.1) is 0 Å². The second-order valence-electron chi connectivity index (χ2n) is 4.78. The molecule has 4 heteroatoms. The Morgan fingerprint density at radius 1 is 1.50 bits per heavy atom. The number of hydrogen-bond acceptors (Lipinski definition) is 3. The van der Waals surface area contributed by atoms with Crippen LogP contribution in [-0.4, -0.2) is 28.6 Å². The molecule has 1 atom stereocenters. The van der Waals surface area contributed by atoms with Gasteiger partial charge >= 0.3 is 5.97 Å². The highest BCUT2D eigenvalue weighted by atomic mass is 16.4. The third kappa shape index (κ3) is 2.63. The molecule has 1 aliphatic rings. The van der Waals surface area contributed by atoms with Crippen LogP contribution in [0.3, 0.4) is 0 Å². The molecule has 1 saturated heterocycles. The maximum Gasteiger partial charge on any atom is 0.339 e. The summed E-state index contributed by atoms with van der Waals surface area (Å²) in [6.45, 7) is 3.07. The fraction of sp³-hybridized carbons (Fsp3) is 0.571. The Balaban J connectivity index is 2.35. The maximum atomic E-state index is 11.3. The van der Waals surface area contributed by atoms with E-state index in [0.29, 0.717) is 17.4 Å². The number of carboxylic acid groups (broad SMARTS) is 1. The van der Waals surface area contributed by atoms with Crippen molar-refractivity contribution in [1.29, 1.82) is 0 Å². The first kappa shape index (κ1) is 12.9. The zero-order chi connectivity index (χ0) is 13.0. The standard InChI is InChI=1S/C14H20N2O2/c1-2-11-7-4-3-5-10-16(11)13-12(14(17)18)8-6-9-15-13/h6,8-9,11H,2-5,7,10H2,1H3,(H,17,18). The molecule has 0 bridgehead atoms. The minimum absolute atomic E-state index is 0.317. The van der Waals surface area contributed by atoms with E-state index in [1.54, 1.807) is 18.3 Å². The SMILES string of the molecule is CCC1CCCCCN1c1ncccc1C(=O)O. The number of carbonyl (C=O) groups is 1. The zero-order valence-corrected chi connectivity index (χ0v) is 10.8. The summed E-state index contributed by atoms with van der Waals surface area (Å²) in [6.07, 6.45) is 7.42. The van der Waals surface area contributed by atoms with Crippen LogP contribution in [0.25, 0.3) is 0 Å². The Bertz CT molecular complexity index is 420. The van der Waals surface area contributed by atoms with Gasteiger partial charge in [-0.15, -0.1) is 0 Å². The van der Waals surface area contributed by atoms with Crippen molar-refractivity contribution < 1.29 is 9.90 Å². The number of nitrogens with zero attached hydrogens (tertiary/aromatic N) is 2. The van der Waals surface area contributed by atoms with E-state index < -0.39 is 5.97 Å². The van der Waals surface area contributed by atoms with Crippen molar-refractivity contribution in [2.24, 2.45) is 0 Å². The van der Waals surface area contributed by atoms with Gasteiger partial charge in [0.1, 0.15) is 11.4 Å². The summed E-state index contributed by atoms with van der Waals surface area (Å²) in [5.41, 5.74) is 0.317. The van der Waals surface area contributed by atoms with E-state index in [0.717, 1.165) is 25.8 Å². The first-order valence-corrected chi connectivity index (χ1v) is 6.69. The fourth-order valence-electron chi connectivity index (χ4n) is 2.67. The third-order valence-corrected chi connectivity index (χ3v) is 3.64. The highest BCUT2D eigenvalue weighted by Gasteiger charge is 2.24. The first-order chi connectivity index (χ1) is 8.74. The highest BCUT2D eigenvalue weighted by molar-refractivity contribution is 5.93. The summed E-state index contributed by atoms with van der Waals surface area (Å²) < 4.78 is 0. The molecule has 0 amide bonds. The van der Waals surface area contributed by atoms with Gasteiger partial charge in [-0.05, 0) is 31.4 Å². The van der Waals surface area contributed by atoms with Crippen LogP contribution < -0.4 is 4.90 Å². The monoisotopic (exact) mass is 248 g/mol. The number of carboxylic acids is 1. The Morgan fingerprint density at radius 2 is 2.33 bits per heavy atom. The van der Waals surface area contributed by atoms with Crippen molar-refractivity contribution in [1.82, 2.24) is 4.98 Å². The normalized spacial score (nSPS) is 20.5. The molecular weight excluding hydrogens is 228 g/mol. The average molecular weight is 248 g/mol. The Kier molecular flexibility index (Phi) is 4.18. The molecular formula is C14H20N2O2. The van der Waals surface area contributed by atoms with Crippen molar-refractivity contribution in [3.63, 3.8) is 0 Å². The average Bonchev–Trinajstić information content (AvgIpc) is 2.63. The lowest BCUT2D eigenvalue weighted by Crippen LogP contribution is -2.36. The van der Waals surface area contributed by atoms with E-state index in [9.17, 15) is 9.90 Å². The number of aromatic nitrogens is 1. The molecule has 18 heavy (non-hydrogen) atoms. The van der Waals surface area contributed by atoms with Crippen molar-refractivity contribution in [2.75, 3.05) is 11.4 Å². The van der Waals surface area contributed by atoms with Crippen LogP contribution >= 0.6 is 0 Å². The number of pyridine rings is 1. The molecule has 1 N–H and O–H groups in total. The molecule has 1 unspecified atom stereocenters. The summed E-state index contributed by atoms with van der Waals surface area (Å²) >= 11 is 0. The van der Waals surface area contributed by atoms with Crippen LogP contribution in [0.15, 0.2) is 18.3 Å². The molecule has 2 rings (SSSR count). The van der Waals surface area contributed by atoms with E-state index in [2.05, 4.69) is 16.8 Å². The zero-order valence-electron chi connectivity index (χ0n) is 10.8. The van der Waals surface area contributed by atoms with Gasteiger partial charge in [-0.1, -0.05) is 19.8 Å². The molecule has 4 nitrogen and oxygen atoms in total. The summed E-state index contributed by atoms with van der Waals surface area (Å²) in [6, 6.07) is 3.74. The van der Waals surface area contributed by atoms with Crippen LogP contribution in [0.2, 0.25) is 0 Å². The van der Waals surface area contributed by atoms with Gasteiger partial charge in [0.2, 0.25) is 0 Å². The molecule has 1 fully saturated rings. The summed E-state index contributed by atoms with van der Waals surface area (Å²) in [5.74, 6) is -0.254. The van der Waals surface area contributed by atoms with E-state index in [4.69, 9.17) is 0 Å². The molecule has 2 heterocycles. The predicted molar refractivity (Wildman–Crippen MR) is 71.1 cm³/mol. The Hall–Kier alpha value is -1.58. The predicted octanol–water partition coefficient (Wildman–Crippen LogP) is 2.94. The van der Waals surface area contributed by atoms with Gasteiger partial charge in [-0.25, -0.2) is 9.78 Å². The van der Waals surface area contributed by atoms with Crippen molar-refractivity contribution in [2.45, 2.75) is 45.1 Å². The van der Waals surface area contributed by atoms with Gasteiger partial charge in [0.05, 0.1) is 0 Å². The van der Waals surface area contributed by atoms with Gasteiger partial charge in [-0.3, -0.25) is 0 Å². The number of rotatable bonds is 3. The van der Waals surface area contributed by atoms with E-state index in [-0.39, 0.29) is 0 Å². The minimum atomic E-state index is -0.891. The van der Waals surface area contributed by atoms with E-state index >= 15 is 0 Å². The van der Waals surface area contributed by atoms with Crippen LogP contribution in [0.5, 0.6) is 0 Å². The third-order valence-electron chi connectivity index (χ3n) is 3.64. The smallest absolute Gasteiger partial charge is 0.339 e. The summed E-state index contributed by atoms with van der Waals surface area (Å²) in [7, 11) is 0. The lowest BCUT2D eigenvalue weighted by molar-refractivity contribution is 0.0697. The van der Waals surface area contributed by atoms with Crippen LogP contribution in [0.1, 0.15) is 49.4 Å². The van der Waals surface area contributed by atoms with E-state index in [1.807, 2.05) is 0 Å². The number of hydrogen-bond donors (Lipinski definition) is 1. The largest absolute Gasteiger partial charge is 0.478 e.